The van der Waals surface area contributed by atoms with Crippen molar-refractivity contribution in [2.45, 2.75) is 11.8 Å². The van der Waals surface area contributed by atoms with Gasteiger partial charge in [-0.05, 0) is 24.0 Å². The van der Waals surface area contributed by atoms with E-state index in [1.54, 1.807) is 25.2 Å². The number of anilines is 1. The molecular weight excluding hydrogens is 262 g/mol. The number of aliphatic hydroxyl groups excluding tert-OH is 1. The topological polar surface area (TPSA) is 67.3 Å². The standard InChI is InChI=1S/C13H15N3O2S/c1-14-11-7-12(16-13(15-11)19-2)18-10-5-3-9(8-17)4-6-10/h3-7,17H,8H2,1-2H3,(H,14,15,16). The van der Waals surface area contributed by atoms with E-state index in [9.17, 15) is 0 Å². The Hall–Kier alpha value is -1.79. The molecule has 5 nitrogen and oxygen atoms in total. The number of ether oxygens (including phenoxy) is 1. The van der Waals surface area contributed by atoms with E-state index in [1.165, 1.54) is 11.8 Å². The largest absolute Gasteiger partial charge is 0.439 e. The van der Waals surface area contributed by atoms with Gasteiger partial charge in [-0.3, -0.25) is 0 Å². The lowest BCUT2D eigenvalue weighted by atomic mass is 10.2. The van der Waals surface area contributed by atoms with E-state index in [2.05, 4.69) is 15.3 Å². The van der Waals surface area contributed by atoms with Crippen LogP contribution in [0, 0.1) is 0 Å². The number of benzene rings is 1. The predicted octanol–water partition coefficient (Wildman–Crippen LogP) is 2.52. The van der Waals surface area contributed by atoms with Crippen LogP contribution in [0.5, 0.6) is 11.6 Å². The molecule has 0 aliphatic rings. The van der Waals surface area contributed by atoms with Crippen molar-refractivity contribution in [3.05, 3.63) is 35.9 Å². The molecule has 19 heavy (non-hydrogen) atoms. The summed E-state index contributed by atoms with van der Waals surface area (Å²) in [4.78, 5) is 8.55. The highest BCUT2D eigenvalue weighted by atomic mass is 32.2. The zero-order valence-corrected chi connectivity index (χ0v) is 11.6. The van der Waals surface area contributed by atoms with Gasteiger partial charge >= 0.3 is 0 Å². The van der Waals surface area contributed by atoms with Gasteiger partial charge in [-0.2, -0.15) is 4.98 Å². The van der Waals surface area contributed by atoms with Crippen LogP contribution in [0.25, 0.3) is 0 Å². The van der Waals surface area contributed by atoms with Gasteiger partial charge in [-0.1, -0.05) is 23.9 Å². The van der Waals surface area contributed by atoms with E-state index in [0.717, 1.165) is 5.56 Å². The molecule has 2 N–H and O–H groups in total. The van der Waals surface area contributed by atoms with E-state index in [0.29, 0.717) is 22.6 Å². The quantitative estimate of drug-likeness (QED) is 0.646. The molecule has 1 heterocycles. The number of hydrogen-bond acceptors (Lipinski definition) is 6. The van der Waals surface area contributed by atoms with Crippen molar-refractivity contribution >= 4 is 17.6 Å². The van der Waals surface area contributed by atoms with Crippen LogP contribution < -0.4 is 10.1 Å². The first-order valence-electron chi connectivity index (χ1n) is 5.73. The summed E-state index contributed by atoms with van der Waals surface area (Å²) < 4.78 is 5.68. The monoisotopic (exact) mass is 277 g/mol. The summed E-state index contributed by atoms with van der Waals surface area (Å²) in [6, 6.07) is 8.95. The van der Waals surface area contributed by atoms with Crippen molar-refractivity contribution < 1.29 is 9.84 Å². The molecule has 0 spiro atoms. The summed E-state index contributed by atoms with van der Waals surface area (Å²) in [7, 11) is 1.80. The summed E-state index contributed by atoms with van der Waals surface area (Å²) in [5.41, 5.74) is 0.843. The lowest BCUT2D eigenvalue weighted by molar-refractivity contribution is 0.281. The third kappa shape index (κ3) is 3.59. The van der Waals surface area contributed by atoms with Gasteiger partial charge in [0.1, 0.15) is 11.6 Å². The van der Waals surface area contributed by atoms with Crippen LogP contribution in [0.1, 0.15) is 5.56 Å². The zero-order valence-electron chi connectivity index (χ0n) is 10.8. The fourth-order valence-corrected chi connectivity index (χ4v) is 1.83. The van der Waals surface area contributed by atoms with E-state index < -0.39 is 0 Å². The second-order valence-corrected chi connectivity index (χ2v) is 4.51. The fourth-order valence-electron chi connectivity index (χ4n) is 1.46. The first-order valence-corrected chi connectivity index (χ1v) is 6.96. The lowest BCUT2D eigenvalue weighted by Crippen LogP contribution is -1.98. The maximum absolute atomic E-state index is 8.98. The second kappa shape index (κ2) is 6.40. The summed E-state index contributed by atoms with van der Waals surface area (Å²) in [5.74, 6) is 1.87. The van der Waals surface area contributed by atoms with Gasteiger partial charge in [0, 0.05) is 13.1 Å². The summed E-state index contributed by atoms with van der Waals surface area (Å²) in [6.45, 7) is 0.0221. The molecule has 0 atom stereocenters. The smallest absolute Gasteiger partial charge is 0.225 e. The Bertz CT molecular complexity index is 524. The van der Waals surface area contributed by atoms with Crippen LogP contribution in [-0.2, 0) is 6.61 Å². The van der Waals surface area contributed by atoms with Crippen molar-refractivity contribution in [1.29, 1.82) is 0 Å². The lowest BCUT2D eigenvalue weighted by Gasteiger charge is -2.08. The molecule has 0 bridgehead atoms. The molecule has 1 aromatic heterocycles. The molecule has 100 valence electrons. The number of aliphatic hydroxyl groups is 1. The summed E-state index contributed by atoms with van der Waals surface area (Å²) >= 11 is 1.45. The first-order chi connectivity index (χ1) is 9.25. The van der Waals surface area contributed by atoms with Crippen molar-refractivity contribution in [2.24, 2.45) is 0 Å². The molecule has 0 saturated carbocycles. The Labute approximate surface area is 116 Å². The highest BCUT2D eigenvalue weighted by Gasteiger charge is 2.05. The molecule has 1 aromatic carbocycles. The summed E-state index contributed by atoms with van der Waals surface area (Å²) in [6.07, 6.45) is 1.91. The Morgan fingerprint density at radius 1 is 1.26 bits per heavy atom. The highest BCUT2D eigenvalue weighted by Crippen LogP contribution is 2.24. The molecule has 2 aromatic rings. The predicted molar refractivity (Wildman–Crippen MR) is 75.8 cm³/mol. The van der Waals surface area contributed by atoms with Crippen molar-refractivity contribution in [3.63, 3.8) is 0 Å². The number of nitrogens with one attached hydrogen (secondary N) is 1. The molecule has 0 saturated heterocycles. The van der Waals surface area contributed by atoms with Gasteiger partial charge in [0.25, 0.3) is 0 Å². The van der Waals surface area contributed by atoms with E-state index >= 15 is 0 Å². The van der Waals surface area contributed by atoms with E-state index in [4.69, 9.17) is 9.84 Å². The second-order valence-electron chi connectivity index (χ2n) is 3.73. The Kier molecular flexibility index (Phi) is 4.59. The molecule has 0 fully saturated rings. The van der Waals surface area contributed by atoms with Crippen LogP contribution >= 0.6 is 11.8 Å². The fraction of sp³-hybridized carbons (Fsp3) is 0.231. The van der Waals surface area contributed by atoms with E-state index in [1.807, 2.05) is 18.4 Å². The van der Waals surface area contributed by atoms with Crippen molar-refractivity contribution in [2.75, 3.05) is 18.6 Å². The minimum Gasteiger partial charge on any atom is -0.439 e. The highest BCUT2D eigenvalue weighted by molar-refractivity contribution is 7.98. The van der Waals surface area contributed by atoms with Gasteiger partial charge < -0.3 is 15.2 Å². The molecule has 0 radical (unpaired) electrons. The number of rotatable bonds is 5. The van der Waals surface area contributed by atoms with E-state index in [-0.39, 0.29) is 6.61 Å². The average molecular weight is 277 g/mol. The van der Waals surface area contributed by atoms with Crippen LogP contribution in [0.3, 0.4) is 0 Å². The number of aromatic nitrogens is 2. The van der Waals surface area contributed by atoms with Crippen LogP contribution in [0.15, 0.2) is 35.5 Å². The zero-order chi connectivity index (χ0) is 13.7. The number of hydrogen-bond donors (Lipinski definition) is 2. The number of thioether (sulfide) groups is 1. The van der Waals surface area contributed by atoms with Crippen LogP contribution in [0.4, 0.5) is 5.82 Å². The molecule has 6 heteroatoms. The Balaban J connectivity index is 2.21. The maximum Gasteiger partial charge on any atom is 0.225 e. The average Bonchev–Trinajstić information content (AvgIpc) is 2.47. The third-order valence-electron chi connectivity index (χ3n) is 2.45. The van der Waals surface area contributed by atoms with Gasteiger partial charge in [-0.25, -0.2) is 4.98 Å². The molecular formula is C13H15N3O2S. The Morgan fingerprint density at radius 2 is 2.00 bits per heavy atom. The van der Waals surface area contributed by atoms with Crippen LogP contribution in [-0.4, -0.2) is 28.4 Å². The molecule has 0 aliphatic carbocycles. The minimum atomic E-state index is 0.0221. The number of nitrogens with zero attached hydrogens (tertiary/aromatic N) is 2. The van der Waals surface area contributed by atoms with Gasteiger partial charge in [0.15, 0.2) is 5.16 Å². The van der Waals surface area contributed by atoms with Gasteiger partial charge in [0.05, 0.1) is 6.61 Å². The molecule has 2 rings (SSSR count). The first kappa shape index (κ1) is 13.6. The minimum absolute atomic E-state index is 0.0221. The Morgan fingerprint density at radius 3 is 2.58 bits per heavy atom. The SMILES string of the molecule is CNc1cc(Oc2ccc(CO)cc2)nc(SC)n1. The molecule has 0 aliphatic heterocycles. The van der Waals surface area contributed by atoms with Gasteiger partial charge in [-0.15, -0.1) is 0 Å². The molecule has 0 unspecified atom stereocenters. The van der Waals surface area contributed by atoms with Crippen LogP contribution in [0.2, 0.25) is 0 Å². The third-order valence-corrected chi connectivity index (χ3v) is 3.00. The van der Waals surface area contributed by atoms with Crippen molar-refractivity contribution in [3.8, 4) is 11.6 Å². The van der Waals surface area contributed by atoms with Crippen molar-refractivity contribution in [1.82, 2.24) is 9.97 Å². The molecule has 0 amide bonds. The van der Waals surface area contributed by atoms with Gasteiger partial charge in [0.2, 0.25) is 5.88 Å². The normalized spacial score (nSPS) is 10.3. The maximum atomic E-state index is 8.98. The summed E-state index contributed by atoms with van der Waals surface area (Å²) in [5, 5.41) is 12.6.